The van der Waals surface area contributed by atoms with Gasteiger partial charge >= 0.3 is 0 Å². The molecule has 3 heterocycles. The van der Waals surface area contributed by atoms with Gasteiger partial charge in [-0.15, -0.1) is 0 Å². The molecule has 0 N–H and O–H groups in total. The van der Waals surface area contributed by atoms with Crippen molar-refractivity contribution < 1.29 is 4.79 Å². The summed E-state index contributed by atoms with van der Waals surface area (Å²) in [5.41, 5.74) is 0.498. The third-order valence-corrected chi connectivity index (χ3v) is 5.18. The van der Waals surface area contributed by atoms with Crippen molar-refractivity contribution in [3.8, 4) is 0 Å². The molecule has 2 aliphatic rings. The van der Waals surface area contributed by atoms with Gasteiger partial charge < -0.3 is 4.90 Å². The minimum atomic E-state index is 0.0444. The van der Waals surface area contributed by atoms with Gasteiger partial charge in [-0.3, -0.25) is 9.69 Å². The molecule has 0 aliphatic carbocycles. The van der Waals surface area contributed by atoms with Crippen LogP contribution in [0, 0.1) is 0 Å². The molecule has 0 radical (unpaired) electrons. The van der Waals surface area contributed by atoms with Crippen molar-refractivity contribution in [2.24, 2.45) is 0 Å². The fourth-order valence-electron chi connectivity index (χ4n) is 3.74. The first-order valence-electron chi connectivity index (χ1n) is 7.51. The molecule has 3 rings (SSSR count). The van der Waals surface area contributed by atoms with Crippen LogP contribution >= 0.6 is 11.7 Å². The highest BCUT2D eigenvalue weighted by Crippen LogP contribution is 2.30. The number of hydrogen-bond donors (Lipinski definition) is 0. The van der Waals surface area contributed by atoms with E-state index in [1.807, 2.05) is 4.90 Å². The Morgan fingerprint density at radius 2 is 2.05 bits per heavy atom. The fourth-order valence-corrected chi connectivity index (χ4v) is 4.15. The minimum Gasteiger partial charge on any atom is -0.336 e. The maximum absolute atomic E-state index is 12.4. The molecule has 0 bridgehead atoms. The first-order valence-corrected chi connectivity index (χ1v) is 8.24. The molecule has 2 fully saturated rings. The lowest BCUT2D eigenvalue weighted by atomic mass is 10.0. The van der Waals surface area contributed by atoms with Gasteiger partial charge in [-0.05, 0) is 39.5 Å². The van der Waals surface area contributed by atoms with Crippen LogP contribution in [0.4, 0.5) is 0 Å². The third-order valence-electron chi connectivity index (χ3n) is 4.71. The molecule has 3 atom stereocenters. The van der Waals surface area contributed by atoms with Gasteiger partial charge in [-0.25, -0.2) is 0 Å². The molecule has 110 valence electrons. The SMILES string of the molecule is CC1CCC(C)N1C1CCCN(C(=O)c2cnsn2)C1. The number of carbonyl (C=O) groups excluding carboxylic acids is 1. The van der Waals surface area contributed by atoms with Crippen LogP contribution in [0.2, 0.25) is 0 Å². The van der Waals surface area contributed by atoms with Crippen molar-refractivity contribution in [3.63, 3.8) is 0 Å². The van der Waals surface area contributed by atoms with E-state index in [-0.39, 0.29) is 5.91 Å². The summed E-state index contributed by atoms with van der Waals surface area (Å²) < 4.78 is 8.00. The Hall–Kier alpha value is -1.01. The first kappa shape index (κ1) is 13.9. The van der Waals surface area contributed by atoms with Crippen molar-refractivity contribution in [3.05, 3.63) is 11.9 Å². The highest BCUT2D eigenvalue weighted by molar-refractivity contribution is 6.99. The smallest absolute Gasteiger partial charge is 0.275 e. The molecule has 5 nitrogen and oxygen atoms in total. The number of aromatic nitrogens is 2. The standard InChI is InChI=1S/C14H22N4OS/c1-10-5-6-11(2)18(10)12-4-3-7-17(9-12)14(19)13-8-15-20-16-13/h8,10-12H,3-7,9H2,1-2H3. The first-order chi connectivity index (χ1) is 9.66. The van der Waals surface area contributed by atoms with Crippen LogP contribution in [0.5, 0.6) is 0 Å². The molecule has 0 spiro atoms. The van der Waals surface area contributed by atoms with Crippen LogP contribution in [0.25, 0.3) is 0 Å². The number of amides is 1. The summed E-state index contributed by atoms with van der Waals surface area (Å²) in [7, 11) is 0. The van der Waals surface area contributed by atoms with Crippen molar-refractivity contribution in [1.82, 2.24) is 18.5 Å². The Balaban J connectivity index is 1.69. The quantitative estimate of drug-likeness (QED) is 0.837. The predicted octanol–water partition coefficient (Wildman–Crippen LogP) is 2.02. The summed E-state index contributed by atoms with van der Waals surface area (Å²) in [5, 5.41) is 0. The van der Waals surface area contributed by atoms with Crippen molar-refractivity contribution in [2.45, 2.75) is 57.7 Å². The second-order valence-electron chi connectivity index (χ2n) is 6.06. The molecule has 1 aromatic rings. The largest absolute Gasteiger partial charge is 0.336 e. The lowest BCUT2D eigenvalue weighted by Crippen LogP contribution is -2.52. The molecule has 0 saturated carbocycles. The van der Waals surface area contributed by atoms with E-state index in [1.165, 1.54) is 19.3 Å². The maximum atomic E-state index is 12.4. The molecule has 1 aromatic heterocycles. The molecule has 0 aromatic carbocycles. The summed E-state index contributed by atoms with van der Waals surface area (Å²) in [4.78, 5) is 17.0. The second kappa shape index (κ2) is 5.77. The minimum absolute atomic E-state index is 0.0444. The Morgan fingerprint density at radius 1 is 1.30 bits per heavy atom. The van der Waals surface area contributed by atoms with Gasteiger partial charge in [0.1, 0.15) is 0 Å². The van der Waals surface area contributed by atoms with E-state index in [1.54, 1.807) is 6.20 Å². The Kier molecular flexibility index (Phi) is 4.03. The van der Waals surface area contributed by atoms with E-state index in [9.17, 15) is 4.79 Å². The zero-order valence-corrected chi connectivity index (χ0v) is 13.0. The van der Waals surface area contributed by atoms with E-state index < -0.39 is 0 Å². The molecular weight excluding hydrogens is 272 g/mol. The van der Waals surface area contributed by atoms with E-state index >= 15 is 0 Å². The number of piperidine rings is 1. The van der Waals surface area contributed by atoms with Crippen LogP contribution in [-0.2, 0) is 0 Å². The Labute approximate surface area is 124 Å². The maximum Gasteiger partial charge on any atom is 0.275 e. The fraction of sp³-hybridized carbons (Fsp3) is 0.786. The third kappa shape index (κ3) is 2.59. The summed E-state index contributed by atoms with van der Waals surface area (Å²) in [6, 6.07) is 1.80. The molecule has 20 heavy (non-hydrogen) atoms. The average molecular weight is 294 g/mol. The van der Waals surface area contributed by atoms with Crippen LogP contribution in [0.15, 0.2) is 6.20 Å². The summed E-state index contributed by atoms with van der Waals surface area (Å²) in [5.74, 6) is 0.0444. The van der Waals surface area contributed by atoms with Crippen molar-refractivity contribution >= 4 is 17.6 Å². The van der Waals surface area contributed by atoms with Crippen LogP contribution in [0.3, 0.4) is 0 Å². The van der Waals surface area contributed by atoms with Gasteiger partial charge in [-0.1, -0.05) is 0 Å². The lowest BCUT2D eigenvalue weighted by molar-refractivity contribution is 0.0483. The summed E-state index contributed by atoms with van der Waals surface area (Å²) in [6.45, 7) is 6.32. The Morgan fingerprint density at radius 3 is 2.70 bits per heavy atom. The number of nitrogens with zero attached hydrogens (tertiary/aromatic N) is 4. The molecule has 1 amide bonds. The van der Waals surface area contributed by atoms with Gasteiger partial charge in [0, 0.05) is 31.2 Å². The molecule has 2 aliphatic heterocycles. The van der Waals surface area contributed by atoms with Gasteiger partial charge in [0.15, 0.2) is 5.69 Å². The normalized spacial score (nSPS) is 31.7. The summed E-state index contributed by atoms with van der Waals surface area (Å²) in [6.07, 6.45) is 6.43. The number of carbonyl (C=O) groups is 1. The second-order valence-corrected chi connectivity index (χ2v) is 6.62. The van der Waals surface area contributed by atoms with Gasteiger partial charge in [0.05, 0.1) is 17.9 Å². The van der Waals surface area contributed by atoms with Gasteiger partial charge in [-0.2, -0.15) is 8.75 Å². The Bertz CT molecular complexity index is 454. The average Bonchev–Trinajstić information content (AvgIpc) is 3.09. The highest BCUT2D eigenvalue weighted by Gasteiger charge is 2.36. The van der Waals surface area contributed by atoms with Gasteiger partial charge in [0.2, 0.25) is 0 Å². The van der Waals surface area contributed by atoms with Crippen LogP contribution < -0.4 is 0 Å². The van der Waals surface area contributed by atoms with E-state index in [0.717, 1.165) is 31.2 Å². The zero-order chi connectivity index (χ0) is 14.1. The van der Waals surface area contributed by atoms with Crippen molar-refractivity contribution in [2.75, 3.05) is 13.1 Å². The van der Waals surface area contributed by atoms with E-state index in [4.69, 9.17) is 0 Å². The van der Waals surface area contributed by atoms with Crippen molar-refractivity contribution in [1.29, 1.82) is 0 Å². The zero-order valence-electron chi connectivity index (χ0n) is 12.2. The highest BCUT2D eigenvalue weighted by atomic mass is 32.1. The number of likely N-dealkylation sites (tertiary alicyclic amines) is 2. The predicted molar refractivity (Wildman–Crippen MR) is 78.8 cm³/mol. The van der Waals surface area contributed by atoms with Gasteiger partial charge in [0.25, 0.3) is 5.91 Å². The summed E-state index contributed by atoms with van der Waals surface area (Å²) >= 11 is 1.10. The topological polar surface area (TPSA) is 49.3 Å². The van der Waals surface area contributed by atoms with Crippen LogP contribution in [0.1, 0.15) is 50.0 Å². The lowest BCUT2D eigenvalue weighted by Gasteiger charge is -2.41. The van der Waals surface area contributed by atoms with E-state index in [2.05, 4.69) is 27.5 Å². The van der Waals surface area contributed by atoms with E-state index in [0.29, 0.717) is 23.8 Å². The monoisotopic (exact) mass is 294 g/mol. The number of hydrogen-bond acceptors (Lipinski definition) is 5. The molecular formula is C14H22N4OS. The number of rotatable bonds is 2. The molecule has 3 unspecified atom stereocenters. The molecule has 2 saturated heterocycles. The molecule has 6 heteroatoms. The van der Waals surface area contributed by atoms with Crippen LogP contribution in [-0.4, -0.2) is 55.7 Å².